The number of nitrogens with two attached hydrogens (primary N) is 1. The van der Waals surface area contributed by atoms with E-state index in [2.05, 4.69) is 10.3 Å². The Bertz CT molecular complexity index is 489. The van der Waals surface area contributed by atoms with Gasteiger partial charge in [-0.05, 0) is 24.5 Å². The van der Waals surface area contributed by atoms with Gasteiger partial charge in [0.25, 0.3) is 5.91 Å². The summed E-state index contributed by atoms with van der Waals surface area (Å²) >= 11 is 5.85. The first-order valence-corrected chi connectivity index (χ1v) is 6.49. The number of aromatic nitrogens is 1. The summed E-state index contributed by atoms with van der Waals surface area (Å²) in [6, 6.07) is 2.41. The van der Waals surface area contributed by atoms with E-state index in [1.165, 1.54) is 6.07 Å². The van der Waals surface area contributed by atoms with Gasteiger partial charge in [0.15, 0.2) is 0 Å². The van der Waals surface area contributed by atoms with Crippen LogP contribution < -0.4 is 11.1 Å². The molecule has 0 aliphatic rings. The van der Waals surface area contributed by atoms with E-state index in [0.29, 0.717) is 12.0 Å². The van der Waals surface area contributed by atoms with Crippen molar-refractivity contribution < 1.29 is 9.59 Å². The predicted molar refractivity (Wildman–Crippen MR) is 73.9 cm³/mol. The zero-order valence-corrected chi connectivity index (χ0v) is 12.0. The Labute approximate surface area is 117 Å². The Morgan fingerprint density at radius 3 is 2.53 bits per heavy atom. The molecular weight excluding hydrogens is 266 g/mol. The summed E-state index contributed by atoms with van der Waals surface area (Å²) < 4.78 is 0. The second-order valence-electron chi connectivity index (χ2n) is 4.62. The predicted octanol–water partition coefficient (Wildman–Crippen LogP) is 1.54. The zero-order valence-electron chi connectivity index (χ0n) is 11.2. The highest BCUT2D eigenvalue weighted by molar-refractivity contribution is 6.29. The van der Waals surface area contributed by atoms with Crippen LogP contribution in [0.3, 0.4) is 0 Å². The van der Waals surface area contributed by atoms with E-state index >= 15 is 0 Å². The maximum atomic E-state index is 12.1. The van der Waals surface area contributed by atoms with Crippen molar-refractivity contribution in [1.29, 1.82) is 0 Å². The molecule has 104 valence electrons. The number of hydrogen-bond donors (Lipinski definition) is 2. The van der Waals surface area contributed by atoms with E-state index < -0.39 is 11.9 Å². The van der Waals surface area contributed by atoms with Crippen molar-refractivity contribution in [2.45, 2.75) is 33.2 Å². The molecule has 1 rings (SSSR count). The van der Waals surface area contributed by atoms with Crippen LogP contribution in [0.15, 0.2) is 12.1 Å². The summed E-state index contributed by atoms with van der Waals surface area (Å²) in [7, 11) is 0. The van der Waals surface area contributed by atoms with Crippen molar-refractivity contribution in [2.75, 3.05) is 0 Å². The monoisotopic (exact) mass is 283 g/mol. The van der Waals surface area contributed by atoms with Crippen molar-refractivity contribution in [3.05, 3.63) is 28.5 Å². The maximum Gasteiger partial charge on any atom is 0.252 e. The largest absolute Gasteiger partial charge is 0.368 e. The lowest BCUT2D eigenvalue weighted by Crippen LogP contribution is -2.47. The van der Waals surface area contributed by atoms with Crippen LogP contribution >= 0.6 is 11.6 Å². The second-order valence-corrected chi connectivity index (χ2v) is 5.01. The fourth-order valence-corrected chi connectivity index (χ4v) is 1.88. The first-order chi connectivity index (χ1) is 8.85. The van der Waals surface area contributed by atoms with Gasteiger partial charge in [-0.3, -0.25) is 9.59 Å². The van der Waals surface area contributed by atoms with Gasteiger partial charge in [0.1, 0.15) is 11.2 Å². The molecule has 0 fully saturated rings. The molecule has 5 nitrogen and oxygen atoms in total. The summed E-state index contributed by atoms with van der Waals surface area (Å²) in [6.07, 6.45) is 0.671. The second kappa shape index (κ2) is 6.52. The number of nitrogens with zero attached hydrogens (tertiary/aromatic N) is 1. The van der Waals surface area contributed by atoms with Crippen molar-refractivity contribution in [1.82, 2.24) is 10.3 Å². The smallest absolute Gasteiger partial charge is 0.252 e. The molecule has 1 atom stereocenters. The van der Waals surface area contributed by atoms with Crippen LogP contribution in [0.4, 0.5) is 0 Å². The number of pyridine rings is 1. The number of rotatable bonds is 5. The quantitative estimate of drug-likeness (QED) is 0.804. The van der Waals surface area contributed by atoms with E-state index in [9.17, 15) is 9.59 Å². The van der Waals surface area contributed by atoms with Crippen LogP contribution in [0.25, 0.3) is 0 Å². The van der Waals surface area contributed by atoms with Gasteiger partial charge >= 0.3 is 0 Å². The molecular formula is C13H18ClN3O2. The standard InChI is InChI=1S/C13H18ClN3O2/c1-4-9-5-8(6-10(14)16-9)13(19)17-11(7(2)3)12(15)18/h5-7,11H,4H2,1-3H3,(H2,15,18)(H,17,19). The van der Waals surface area contributed by atoms with Gasteiger partial charge in [0.05, 0.1) is 0 Å². The molecule has 0 saturated heterocycles. The fraction of sp³-hybridized carbons (Fsp3) is 0.462. The normalized spacial score (nSPS) is 12.3. The Kier molecular flexibility index (Phi) is 5.30. The molecule has 0 spiro atoms. The zero-order chi connectivity index (χ0) is 14.6. The number of nitrogens with one attached hydrogen (secondary N) is 1. The SMILES string of the molecule is CCc1cc(C(=O)NC(C(N)=O)C(C)C)cc(Cl)n1. The van der Waals surface area contributed by atoms with Crippen LogP contribution in [-0.2, 0) is 11.2 Å². The first kappa shape index (κ1) is 15.4. The van der Waals surface area contributed by atoms with Gasteiger partial charge < -0.3 is 11.1 Å². The molecule has 1 aromatic heterocycles. The number of amides is 2. The molecule has 1 aromatic rings. The molecule has 0 radical (unpaired) electrons. The summed E-state index contributed by atoms with van der Waals surface area (Å²) in [5, 5.41) is 2.87. The molecule has 6 heteroatoms. The minimum Gasteiger partial charge on any atom is -0.368 e. The number of hydrogen-bond acceptors (Lipinski definition) is 3. The topological polar surface area (TPSA) is 85.1 Å². The van der Waals surface area contributed by atoms with Crippen LogP contribution in [-0.4, -0.2) is 22.8 Å². The summed E-state index contributed by atoms with van der Waals surface area (Å²) in [5.74, 6) is -1.01. The van der Waals surface area contributed by atoms with Gasteiger partial charge in [-0.2, -0.15) is 0 Å². The van der Waals surface area contributed by atoms with E-state index in [4.69, 9.17) is 17.3 Å². The molecule has 0 aromatic carbocycles. The van der Waals surface area contributed by atoms with Crippen molar-refractivity contribution in [2.24, 2.45) is 11.7 Å². The Hall–Kier alpha value is -1.62. The lowest BCUT2D eigenvalue weighted by molar-refractivity contribution is -0.120. The van der Waals surface area contributed by atoms with Crippen LogP contribution in [0.5, 0.6) is 0 Å². The van der Waals surface area contributed by atoms with Gasteiger partial charge in [-0.1, -0.05) is 32.4 Å². The number of carbonyl (C=O) groups is 2. The van der Waals surface area contributed by atoms with Crippen molar-refractivity contribution in [3.63, 3.8) is 0 Å². The highest BCUT2D eigenvalue weighted by atomic mass is 35.5. The summed E-state index contributed by atoms with van der Waals surface area (Å²) in [4.78, 5) is 27.4. The molecule has 0 aliphatic heterocycles. The number of aryl methyl sites for hydroxylation is 1. The Balaban J connectivity index is 2.94. The Morgan fingerprint density at radius 2 is 2.05 bits per heavy atom. The number of primary amides is 1. The molecule has 0 aliphatic carbocycles. The fourth-order valence-electron chi connectivity index (χ4n) is 1.65. The lowest BCUT2D eigenvalue weighted by Gasteiger charge is -2.19. The van der Waals surface area contributed by atoms with Gasteiger partial charge in [0, 0.05) is 11.3 Å². The molecule has 2 amide bonds. The Morgan fingerprint density at radius 1 is 1.42 bits per heavy atom. The first-order valence-electron chi connectivity index (χ1n) is 6.11. The third-order valence-electron chi connectivity index (χ3n) is 2.73. The maximum absolute atomic E-state index is 12.1. The van der Waals surface area contributed by atoms with Gasteiger partial charge in [-0.25, -0.2) is 4.98 Å². The average molecular weight is 284 g/mol. The van der Waals surface area contributed by atoms with Gasteiger partial charge in [0.2, 0.25) is 5.91 Å². The molecule has 1 unspecified atom stereocenters. The van der Waals surface area contributed by atoms with E-state index in [1.54, 1.807) is 6.07 Å². The van der Waals surface area contributed by atoms with Crippen molar-refractivity contribution >= 4 is 23.4 Å². The molecule has 0 bridgehead atoms. The van der Waals surface area contributed by atoms with E-state index in [-0.39, 0.29) is 17.0 Å². The van der Waals surface area contributed by atoms with Crippen LogP contribution in [0.2, 0.25) is 5.15 Å². The minimum absolute atomic E-state index is 0.0793. The summed E-state index contributed by atoms with van der Waals surface area (Å²) in [6.45, 7) is 5.54. The minimum atomic E-state index is -0.704. The third kappa shape index (κ3) is 4.21. The highest BCUT2D eigenvalue weighted by Crippen LogP contribution is 2.12. The molecule has 3 N–H and O–H groups in total. The number of carbonyl (C=O) groups excluding carboxylic acids is 2. The number of halogens is 1. The molecule has 0 saturated carbocycles. The van der Waals surface area contributed by atoms with E-state index in [1.807, 2.05) is 20.8 Å². The lowest BCUT2D eigenvalue weighted by atomic mass is 10.0. The van der Waals surface area contributed by atoms with Gasteiger partial charge in [-0.15, -0.1) is 0 Å². The molecule has 1 heterocycles. The highest BCUT2D eigenvalue weighted by Gasteiger charge is 2.22. The third-order valence-corrected chi connectivity index (χ3v) is 2.92. The van der Waals surface area contributed by atoms with Crippen LogP contribution in [0.1, 0.15) is 36.8 Å². The average Bonchev–Trinajstić information content (AvgIpc) is 2.33. The van der Waals surface area contributed by atoms with Crippen LogP contribution in [0, 0.1) is 5.92 Å². The van der Waals surface area contributed by atoms with E-state index in [0.717, 1.165) is 5.69 Å². The van der Waals surface area contributed by atoms with Crippen molar-refractivity contribution in [3.8, 4) is 0 Å². The summed E-state index contributed by atoms with van der Waals surface area (Å²) in [5.41, 5.74) is 6.36. The molecule has 19 heavy (non-hydrogen) atoms.